The van der Waals surface area contributed by atoms with E-state index in [4.69, 9.17) is 11.6 Å². The molecule has 0 aliphatic heterocycles. The summed E-state index contributed by atoms with van der Waals surface area (Å²) in [6, 6.07) is 11.4. The molecule has 0 unspecified atom stereocenters. The normalized spacial score (nSPS) is 9.93. The molecule has 0 saturated carbocycles. The summed E-state index contributed by atoms with van der Waals surface area (Å²) in [6.07, 6.45) is 3.24. The Morgan fingerprint density at radius 1 is 1.07 bits per heavy atom. The molecule has 0 saturated heterocycles. The van der Waals surface area contributed by atoms with Crippen molar-refractivity contribution in [3.8, 4) is 0 Å². The highest BCUT2D eigenvalue weighted by Gasteiger charge is 2.06. The van der Waals surface area contributed by atoms with Crippen LogP contribution in [0, 0.1) is 0 Å². The fourth-order valence-corrected chi connectivity index (χ4v) is 1.35. The van der Waals surface area contributed by atoms with E-state index in [0.717, 1.165) is 11.4 Å². The van der Waals surface area contributed by atoms with E-state index in [0.29, 0.717) is 5.69 Å². The van der Waals surface area contributed by atoms with Gasteiger partial charge in [-0.15, -0.1) is 0 Å². The molecular weight excluding hydrogens is 188 g/mol. The first kappa shape index (κ1) is 9.48. The molecule has 4 nitrogen and oxygen atoms in total. The van der Waals surface area contributed by atoms with Gasteiger partial charge in [0.25, 0.3) is 0 Å². The van der Waals surface area contributed by atoms with Crippen LogP contribution in [0.5, 0.6) is 0 Å². The van der Waals surface area contributed by atoms with Crippen LogP contribution in [0.25, 0.3) is 0 Å². The number of aromatic nitrogens is 1. The summed E-state index contributed by atoms with van der Waals surface area (Å²) in [5.74, 6) is 5.94. The van der Waals surface area contributed by atoms with Gasteiger partial charge in [0.05, 0.1) is 23.3 Å². The number of pyridine rings is 1. The Hall–Kier alpha value is -2.07. The van der Waals surface area contributed by atoms with Crippen LogP contribution in [-0.4, -0.2) is 4.98 Å². The molecule has 1 aromatic heterocycles. The van der Waals surface area contributed by atoms with Crippen LogP contribution in [0.15, 0.2) is 48.8 Å². The molecule has 0 amide bonds. The van der Waals surface area contributed by atoms with Gasteiger partial charge in [0.2, 0.25) is 0 Å². The quantitative estimate of drug-likeness (QED) is 0.571. The van der Waals surface area contributed by atoms with Crippen molar-refractivity contribution in [1.82, 2.24) is 4.98 Å². The van der Waals surface area contributed by atoms with Gasteiger partial charge in [-0.25, -0.2) is 5.84 Å². The molecule has 0 radical (unpaired) electrons. The summed E-state index contributed by atoms with van der Waals surface area (Å²) in [7, 11) is 0. The van der Waals surface area contributed by atoms with Crippen LogP contribution in [0.4, 0.5) is 17.1 Å². The van der Waals surface area contributed by atoms with E-state index < -0.39 is 0 Å². The number of hydrogen-bond donors (Lipinski definition) is 2. The average Bonchev–Trinajstić information content (AvgIpc) is 2.30. The van der Waals surface area contributed by atoms with E-state index in [1.54, 1.807) is 18.5 Å². The summed E-state index contributed by atoms with van der Waals surface area (Å²) in [5.41, 5.74) is 7.96. The van der Waals surface area contributed by atoms with E-state index in [9.17, 15) is 0 Å². The lowest BCUT2D eigenvalue weighted by Crippen LogP contribution is -2.25. The predicted molar refractivity (Wildman–Crippen MR) is 61.4 cm³/mol. The standard InChI is InChI=1S/C11H12N4/c12-10-8-14-7-6-11(10)15(13)9-4-2-1-3-5-9/h1-8H,12-13H2. The molecule has 76 valence electrons. The van der Waals surface area contributed by atoms with E-state index in [2.05, 4.69) is 4.98 Å². The van der Waals surface area contributed by atoms with Gasteiger partial charge in [-0.2, -0.15) is 0 Å². The Labute approximate surface area is 88.1 Å². The Morgan fingerprint density at radius 2 is 1.80 bits per heavy atom. The number of benzene rings is 1. The minimum absolute atomic E-state index is 0.559. The number of anilines is 3. The fraction of sp³-hybridized carbons (Fsp3) is 0. The van der Waals surface area contributed by atoms with Gasteiger partial charge in [0.1, 0.15) is 0 Å². The van der Waals surface area contributed by atoms with E-state index in [1.165, 1.54) is 5.01 Å². The largest absolute Gasteiger partial charge is 0.396 e. The Morgan fingerprint density at radius 3 is 2.47 bits per heavy atom. The minimum atomic E-state index is 0.559. The van der Waals surface area contributed by atoms with Crippen molar-refractivity contribution in [3.63, 3.8) is 0 Å². The molecule has 1 heterocycles. The highest BCUT2D eigenvalue weighted by molar-refractivity contribution is 5.72. The number of hydrazine groups is 1. The van der Waals surface area contributed by atoms with Gasteiger partial charge in [0.15, 0.2) is 0 Å². The maximum Gasteiger partial charge on any atom is 0.0835 e. The zero-order valence-corrected chi connectivity index (χ0v) is 8.17. The van der Waals surface area contributed by atoms with E-state index in [1.807, 2.05) is 30.3 Å². The lowest BCUT2D eigenvalue weighted by atomic mass is 10.2. The summed E-state index contributed by atoms with van der Waals surface area (Å²) in [4.78, 5) is 3.91. The molecule has 0 aliphatic carbocycles. The molecule has 0 aliphatic rings. The molecule has 1 aromatic carbocycles. The molecule has 15 heavy (non-hydrogen) atoms. The van der Waals surface area contributed by atoms with Crippen LogP contribution in [0.3, 0.4) is 0 Å². The van der Waals surface area contributed by atoms with E-state index in [-0.39, 0.29) is 0 Å². The smallest absolute Gasteiger partial charge is 0.0835 e. The zero-order chi connectivity index (χ0) is 10.7. The zero-order valence-electron chi connectivity index (χ0n) is 8.17. The molecular formula is C11H12N4. The van der Waals surface area contributed by atoms with Crippen molar-refractivity contribution in [3.05, 3.63) is 48.8 Å². The average molecular weight is 200 g/mol. The molecule has 2 rings (SSSR count). The lowest BCUT2D eigenvalue weighted by molar-refractivity contribution is 1.08. The van der Waals surface area contributed by atoms with Gasteiger partial charge in [-0.1, -0.05) is 18.2 Å². The van der Waals surface area contributed by atoms with Crippen LogP contribution >= 0.6 is 0 Å². The number of para-hydroxylation sites is 1. The Balaban J connectivity index is 2.37. The number of hydrogen-bond acceptors (Lipinski definition) is 4. The lowest BCUT2D eigenvalue weighted by Gasteiger charge is -2.19. The fourth-order valence-electron chi connectivity index (χ4n) is 1.35. The summed E-state index contributed by atoms with van der Waals surface area (Å²) in [5, 5.41) is 1.54. The van der Waals surface area contributed by atoms with Crippen LogP contribution in [-0.2, 0) is 0 Å². The third kappa shape index (κ3) is 1.89. The van der Waals surface area contributed by atoms with E-state index >= 15 is 0 Å². The predicted octanol–water partition coefficient (Wildman–Crippen LogP) is 1.68. The van der Waals surface area contributed by atoms with Crippen molar-refractivity contribution in [2.24, 2.45) is 5.84 Å². The van der Waals surface area contributed by atoms with Gasteiger partial charge in [-0.05, 0) is 18.2 Å². The van der Waals surface area contributed by atoms with Crippen LogP contribution < -0.4 is 16.6 Å². The summed E-state index contributed by atoms with van der Waals surface area (Å²) in [6.45, 7) is 0. The van der Waals surface area contributed by atoms with Gasteiger partial charge < -0.3 is 5.73 Å². The highest BCUT2D eigenvalue weighted by Crippen LogP contribution is 2.25. The molecule has 4 N–H and O–H groups in total. The monoisotopic (exact) mass is 200 g/mol. The molecule has 0 bridgehead atoms. The van der Waals surface area contributed by atoms with Crippen molar-refractivity contribution >= 4 is 17.1 Å². The molecule has 0 spiro atoms. The second kappa shape index (κ2) is 3.98. The SMILES string of the molecule is Nc1cnccc1N(N)c1ccccc1. The topological polar surface area (TPSA) is 68.2 Å². The first-order valence-electron chi connectivity index (χ1n) is 4.58. The Bertz CT molecular complexity index is 441. The highest BCUT2D eigenvalue weighted by atomic mass is 15.4. The van der Waals surface area contributed by atoms with Gasteiger partial charge in [0, 0.05) is 6.20 Å². The van der Waals surface area contributed by atoms with Crippen molar-refractivity contribution in [1.29, 1.82) is 0 Å². The number of nitrogens with zero attached hydrogens (tertiary/aromatic N) is 2. The first-order valence-corrected chi connectivity index (χ1v) is 4.58. The third-order valence-corrected chi connectivity index (χ3v) is 2.12. The first-order chi connectivity index (χ1) is 7.29. The van der Waals surface area contributed by atoms with Crippen LogP contribution in [0.2, 0.25) is 0 Å². The number of rotatable bonds is 2. The maximum absolute atomic E-state index is 5.94. The molecule has 4 heteroatoms. The van der Waals surface area contributed by atoms with Gasteiger partial charge in [-0.3, -0.25) is 9.99 Å². The molecule has 0 atom stereocenters. The van der Waals surface area contributed by atoms with Crippen molar-refractivity contribution < 1.29 is 0 Å². The second-order valence-electron chi connectivity index (χ2n) is 3.14. The molecule has 0 fully saturated rings. The maximum atomic E-state index is 5.94. The third-order valence-electron chi connectivity index (χ3n) is 2.12. The summed E-state index contributed by atoms with van der Waals surface area (Å²) >= 11 is 0. The second-order valence-corrected chi connectivity index (χ2v) is 3.14. The molecule has 2 aromatic rings. The van der Waals surface area contributed by atoms with Crippen LogP contribution in [0.1, 0.15) is 0 Å². The number of nitrogen functional groups attached to an aromatic ring is 1. The Kier molecular flexibility index (Phi) is 2.51. The summed E-state index contributed by atoms with van der Waals surface area (Å²) < 4.78 is 0. The van der Waals surface area contributed by atoms with Crippen molar-refractivity contribution in [2.45, 2.75) is 0 Å². The number of nitrogens with two attached hydrogens (primary N) is 2. The van der Waals surface area contributed by atoms with Crippen molar-refractivity contribution in [2.75, 3.05) is 10.7 Å². The van der Waals surface area contributed by atoms with Gasteiger partial charge >= 0.3 is 0 Å². The minimum Gasteiger partial charge on any atom is -0.396 e.